The van der Waals surface area contributed by atoms with Crippen molar-refractivity contribution in [1.29, 1.82) is 0 Å². The number of rotatable bonds is 1. The van der Waals surface area contributed by atoms with Crippen LogP contribution in [-0.2, 0) is 0 Å². The molecule has 1 aromatic heterocycles. The smallest absolute Gasteiger partial charge is 0.166 e. The second-order valence-electron chi connectivity index (χ2n) is 3.01. The SMILES string of the molecule is Cc1ccc(F)c(-n2ncc(N)n2)c1. The normalized spacial score (nSPS) is 10.4. The van der Waals surface area contributed by atoms with E-state index in [1.54, 1.807) is 12.1 Å². The van der Waals surface area contributed by atoms with Gasteiger partial charge in [0, 0.05) is 0 Å². The molecule has 0 aliphatic heterocycles. The molecule has 0 atom stereocenters. The maximum atomic E-state index is 13.3. The van der Waals surface area contributed by atoms with Gasteiger partial charge in [0.15, 0.2) is 11.6 Å². The molecular formula is C9H9FN4. The summed E-state index contributed by atoms with van der Waals surface area (Å²) in [7, 11) is 0. The fourth-order valence-corrected chi connectivity index (χ4v) is 1.17. The molecule has 0 fully saturated rings. The van der Waals surface area contributed by atoms with Crippen molar-refractivity contribution in [2.24, 2.45) is 0 Å². The maximum absolute atomic E-state index is 13.3. The number of hydrogen-bond acceptors (Lipinski definition) is 3. The molecule has 0 unspecified atom stereocenters. The summed E-state index contributed by atoms with van der Waals surface area (Å²) in [4.78, 5) is 1.18. The zero-order valence-electron chi connectivity index (χ0n) is 7.61. The predicted octanol–water partition coefficient (Wildman–Crippen LogP) is 1.30. The molecule has 72 valence electrons. The van der Waals surface area contributed by atoms with Gasteiger partial charge in [-0.15, -0.1) is 9.90 Å². The first-order valence-electron chi connectivity index (χ1n) is 4.11. The second kappa shape index (κ2) is 3.10. The molecule has 14 heavy (non-hydrogen) atoms. The molecule has 0 saturated carbocycles. The topological polar surface area (TPSA) is 56.7 Å². The van der Waals surface area contributed by atoms with E-state index in [0.717, 1.165) is 5.56 Å². The molecule has 2 aromatic rings. The minimum atomic E-state index is -0.369. The Morgan fingerprint density at radius 2 is 2.21 bits per heavy atom. The molecule has 0 spiro atoms. The highest BCUT2D eigenvalue weighted by Gasteiger charge is 2.06. The van der Waals surface area contributed by atoms with Crippen molar-refractivity contribution in [2.75, 3.05) is 5.73 Å². The summed E-state index contributed by atoms with van der Waals surface area (Å²) in [5.41, 5.74) is 6.64. The molecule has 0 saturated heterocycles. The highest BCUT2D eigenvalue weighted by molar-refractivity contribution is 5.36. The third-order valence-corrected chi connectivity index (χ3v) is 1.83. The maximum Gasteiger partial charge on any atom is 0.166 e. The summed E-state index contributed by atoms with van der Waals surface area (Å²) in [5, 5.41) is 7.65. The van der Waals surface area contributed by atoms with E-state index in [9.17, 15) is 4.39 Å². The zero-order chi connectivity index (χ0) is 10.1. The summed E-state index contributed by atoms with van der Waals surface area (Å²) < 4.78 is 13.3. The molecule has 4 nitrogen and oxygen atoms in total. The molecule has 2 rings (SSSR count). The van der Waals surface area contributed by atoms with Crippen LogP contribution < -0.4 is 5.73 Å². The van der Waals surface area contributed by atoms with Gasteiger partial charge in [-0.3, -0.25) is 0 Å². The van der Waals surface area contributed by atoms with E-state index in [2.05, 4.69) is 10.2 Å². The van der Waals surface area contributed by atoms with Crippen LogP contribution in [0.2, 0.25) is 0 Å². The van der Waals surface area contributed by atoms with Gasteiger partial charge in [-0.05, 0) is 24.6 Å². The molecule has 1 aromatic carbocycles. The summed E-state index contributed by atoms with van der Waals surface area (Å²) in [5.74, 6) is -0.0999. The van der Waals surface area contributed by atoms with Gasteiger partial charge in [0.25, 0.3) is 0 Å². The number of benzene rings is 1. The Labute approximate surface area is 80.2 Å². The molecule has 2 N–H and O–H groups in total. The average Bonchev–Trinajstić information content (AvgIpc) is 2.56. The van der Waals surface area contributed by atoms with Crippen LogP contribution in [-0.4, -0.2) is 15.0 Å². The first-order chi connectivity index (χ1) is 6.66. The molecular weight excluding hydrogens is 183 g/mol. The van der Waals surface area contributed by atoms with Crippen molar-refractivity contribution in [3.63, 3.8) is 0 Å². The Morgan fingerprint density at radius 1 is 1.43 bits per heavy atom. The Morgan fingerprint density at radius 3 is 2.86 bits per heavy atom. The average molecular weight is 192 g/mol. The third kappa shape index (κ3) is 1.44. The van der Waals surface area contributed by atoms with Crippen molar-refractivity contribution in [1.82, 2.24) is 15.0 Å². The number of aromatic nitrogens is 3. The summed E-state index contributed by atoms with van der Waals surface area (Å²) >= 11 is 0. The van der Waals surface area contributed by atoms with Gasteiger partial charge in [0.05, 0.1) is 6.20 Å². The molecule has 0 aliphatic rings. The van der Waals surface area contributed by atoms with Crippen LogP contribution in [0.15, 0.2) is 24.4 Å². The van der Waals surface area contributed by atoms with Crippen LogP contribution in [0.3, 0.4) is 0 Å². The summed E-state index contributed by atoms with van der Waals surface area (Å²) in [6, 6.07) is 4.73. The van der Waals surface area contributed by atoms with Crippen molar-refractivity contribution >= 4 is 5.82 Å². The van der Waals surface area contributed by atoms with E-state index in [-0.39, 0.29) is 11.6 Å². The lowest BCUT2D eigenvalue weighted by Gasteiger charge is -2.01. The van der Waals surface area contributed by atoms with Gasteiger partial charge >= 0.3 is 0 Å². The Kier molecular flexibility index (Phi) is 1.92. The molecule has 5 heteroatoms. The first kappa shape index (κ1) is 8.68. The first-order valence-corrected chi connectivity index (χ1v) is 4.11. The molecule has 0 aliphatic carbocycles. The zero-order valence-corrected chi connectivity index (χ0v) is 7.61. The van der Waals surface area contributed by atoms with Crippen molar-refractivity contribution in [3.05, 3.63) is 35.8 Å². The standard InChI is InChI=1S/C9H9FN4/c1-6-2-3-7(10)8(4-6)14-12-5-9(11)13-14/h2-5H,1H3,(H2,11,13). The minimum Gasteiger partial charge on any atom is -0.381 e. The number of nitrogens with two attached hydrogens (primary N) is 1. The molecule has 1 heterocycles. The molecule has 0 radical (unpaired) electrons. The van der Waals surface area contributed by atoms with E-state index in [1.807, 2.05) is 6.92 Å². The minimum absolute atomic E-state index is 0.269. The van der Waals surface area contributed by atoms with Crippen molar-refractivity contribution in [3.8, 4) is 5.69 Å². The predicted molar refractivity (Wildman–Crippen MR) is 50.5 cm³/mol. The van der Waals surface area contributed by atoms with Gasteiger partial charge < -0.3 is 5.73 Å². The number of hydrogen-bond donors (Lipinski definition) is 1. The van der Waals surface area contributed by atoms with E-state index in [0.29, 0.717) is 5.69 Å². The number of nitrogens with zero attached hydrogens (tertiary/aromatic N) is 3. The molecule has 0 amide bonds. The van der Waals surface area contributed by atoms with E-state index in [1.165, 1.54) is 17.1 Å². The van der Waals surface area contributed by atoms with Gasteiger partial charge in [0.1, 0.15) is 5.69 Å². The fraction of sp³-hybridized carbons (Fsp3) is 0.111. The van der Waals surface area contributed by atoms with Gasteiger partial charge in [-0.1, -0.05) is 6.07 Å². The van der Waals surface area contributed by atoms with Crippen LogP contribution in [0, 0.1) is 12.7 Å². The molecule has 0 bridgehead atoms. The van der Waals surface area contributed by atoms with Crippen LogP contribution in [0.4, 0.5) is 10.2 Å². The van der Waals surface area contributed by atoms with Gasteiger partial charge in [-0.25, -0.2) is 4.39 Å². The van der Waals surface area contributed by atoms with E-state index < -0.39 is 0 Å². The highest BCUT2D eigenvalue weighted by atomic mass is 19.1. The Hall–Kier alpha value is -1.91. The third-order valence-electron chi connectivity index (χ3n) is 1.83. The Bertz CT molecular complexity index is 464. The number of halogens is 1. The monoisotopic (exact) mass is 192 g/mol. The van der Waals surface area contributed by atoms with Crippen molar-refractivity contribution in [2.45, 2.75) is 6.92 Å². The van der Waals surface area contributed by atoms with E-state index in [4.69, 9.17) is 5.73 Å². The lowest BCUT2D eigenvalue weighted by Crippen LogP contribution is -2.02. The van der Waals surface area contributed by atoms with Crippen LogP contribution >= 0.6 is 0 Å². The van der Waals surface area contributed by atoms with Gasteiger partial charge in [0.2, 0.25) is 0 Å². The summed E-state index contributed by atoms with van der Waals surface area (Å²) in [6.45, 7) is 1.87. The van der Waals surface area contributed by atoms with Gasteiger partial charge in [-0.2, -0.15) is 5.10 Å². The lowest BCUT2D eigenvalue weighted by atomic mass is 10.2. The second-order valence-corrected chi connectivity index (χ2v) is 3.01. The number of nitrogen functional groups attached to an aromatic ring is 1. The highest BCUT2D eigenvalue weighted by Crippen LogP contribution is 2.13. The largest absolute Gasteiger partial charge is 0.381 e. The lowest BCUT2D eigenvalue weighted by molar-refractivity contribution is 0.596. The van der Waals surface area contributed by atoms with E-state index >= 15 is 0 Å². The Balaban J connectivity index is 2.55. The quantitative estimate of drug-likeness (QED) is 0.740. The summed E-state index contributed by atoms with van der Waals surface area (Å²) in [6.07, 6.45) is 1.38. The van der Waals surface area contributed by atoms with Crippen LogP contribution in [0.5, 0.6) is 0 Å². The van der Waals surface area contributed by atoms with Crippen LogP contribution in [0.25, 0.3) is 5.69 Å². The fourth-order valence-electron chi connectivity index (χ4n) is 1.17. The van der Waals surface area contributed by atoms with Crippen LogP contribution in [0.1, 0.15) is 5.56 Å². The number of anilines is 1. The number of aryl methyl sites for hydroxylation is 1. The van der Waals surface area contributed by atoms with Crippen molar-refractivity contribution < 1.29 is 4.39 Å².